The number of nitro groups is 1. The molecule has 0 spiro atoms. The fourth-order valence-corrected chi connectivity index (χ4v) is 4.22. The fourth-order valence-electron chi connectivity index (χ4n) is 3.13. The minimum Gasteiger partial charge on any atom is -0.370 e. The van der Waals surface area contributed by atoms with E-state index in [1.807, 2.05) is 12.1 Å². The summed E-state index contributed by atoms with van der Waals surface area (Å²) in [4.78, 5) is 12.6. The van der Waals surface area contributed by atoms with Crippen molar-refractivity contribution in [3.63, 3.8) is 0 Å². The van der Waals surface area contributed by atoms with Crippen LogP contribution in [0.25, 0.3) is 0 Å². The Kier molecular flexibility index (Phi) is 5.13. The third kappa shape index (κ3) is 3.80. The molecule has 0 radical (unpaired) electrons. The molecule has 2 aromatic carbocycles. The summed E-state index contributed by atoms with van der Waals surface area (Å²) in [7, 11) is -3.93. The normalized spacial score (nSPS) is 14.9. The number of nitro benzene ring substituents is 1. The molecule has 7 nitrogen and oxygen atoms in total. The molecule has 138 valence electrons. The number of aryl methyl sites for hydroxylation is 1. The molecule has 1 aliphatic rings. The van der Waals surface area contributed by atoms with Crippen molar-refractivity contribution in [1.82, 2.24) is 0 Å². The predicted octanol–water partition coefficient (Wildman–Crippen LogP) is 3.69. The zero-order valence-corrected chi connectivity index (χ0v) is 15.3. The zero-order chi connectivity index (χ0) is 18.7. The van der Waals surface area contributed by atoms with E-state index in [0.717, 1.165) is 37.7 Å². The van der Waals surface area contributed by atoms with Gasteiger partial charge in [0, 0.05) is 24.7 Å². The highest BCUT2D eigenvalue weighted by Gasteiger charge is 2.22. The van der Waals surface area contributed by atoms with Crippen LogP contribution < -0.4 is 9.62 Å². The molecule has 0 aromatic heterocycles. The molecule has 2 aromatic rings. The number of rotatable bonds is 5. The average molecular weight is 375 g/mol. The van der Waals surface area contributed by atoms with Gasteiger partial charge in [-0.1, -0.05) is 18.2 Å². The van der Waals surface area contributed by atoms with Crippen LogP contribution >= 0.6 is 0 Å². The van der Waals surface area contributed by atoms with E-state index >= 15 is 0 Å². The first kappa shape index (κ1) is 18.2. The molecule has 26 heavy (non-hydrogen) atoms. The summed E-state index contributed by atoms with van der Waals surface area (Å²) >= 11 is 0. The van der Waals surface area contributed by atoms with E-state index in [-0.39, 0.29) is 10.6 Å². The highest BCUT2D eigenvalue weighted by molar-refractivity contribution is 7.92. The number of hydrogen-bond acceptors (Lipinski definition) is 5. The lowest BCUT2D eigenvalue weighted by Gasteiger charge is -2.30. The molecule has 0 saturated carbocycles. The summed E-state index contributed by atoms with van der Waals surface area (Å²) in [5.74, 6) is 0. The van der Waals surface area contributed by atoms with Gasteiger partial charge in [-0.05, 0) is 44.4 Å². The Balaban J connectivity index is 1.93. The van der Waals surface area contributed by atoms with E-state index in [2.05, 4.69) is 9.62 Å². The Bertz CT molecular complexity index is 922. The summed E-state index contributed by atoms with van der Waals surface area (Å²) in [6, 6.07) is 11.2. The maximum absolute atomic E-state index is 12.8. The third-order valence-corrected chi connectivity index (χ3v) is 5.90. The summed E-state index contributed by atoms with van der Waals surface area (Å²) in [6.07, 6.45) is 3.33. The zero-order valence-electron chi connectivity index (χ0n) is 14.5. The molecule has 3 rings (SSSR count). The van der Waals surface area contributed by atoms with E-state index in [0.29, 0.717) is 11.3 Å². The van der Waals surface area contributed by atoms with Gasteiger partial charge in [-0.15, -0.1) is 0 Å². The van der Waals surface area contributed by atoms with E-state index in [1.165, 1.54) is 18.6 Å². The molecule has 0 atom stereocenters. The summed E-state index contributed by atoms with van der Waals surface area (Å²) in [6.45, 7) is 3.34. The standard InChI is InChI=1S/C18H21N3O4S/c1-14-9-10-15(13-18(14)21(22)23)26(24,25)19-16-7-3-4-8-17(16)20-11-5-2-6-12-20/h3-4,7-10,13,19H,2,5-6,11-12H2,1H3. The number of benzene rings is 2. The molecule has 1 heterocycles. The molecular weight excluding hydrogens is 354 g/mol. The summed E-state index contributed by atoms with van der Waals surface area (Å²) < 4.78 is 28.1. The van der Waals surface area contributed by atoms with Gasteiger partial charge in [-0.3, -0.25) is 14.8 Å². The molecule has 8 heteroatoms. The maximum Gasteiger partial charge on any atom is 0.273 e. The van der Waals surface area contributed by atoms with E-state index in [1.54, 1.807) is 19.1 Å². The Morgan fingerprint density at radius 2 is 1.77 bits per heavy atom. The highest BCUT2D eigenvalue weighted by atomic mass is 32.2. The Hall–Kier alpha value is -2.61. The van der Waals surface area contributed by atoms with Crippen molar-refractivity contribution in [2.24, 2.45) is 0 Å². The number of para-hydroxylation sites is 2. The second-order valence-corrected chi connectivity index (χ2v) is 8.06. The van der Waals surface area contributed by atoms with Crippen LogP contribution in [0.2, 0.25) is 0 Å². The van der Waals surface area contributed by atoms with E-state index in [9.17, 15) is 18.5 Å². The molecule has 1 saturated heterocycles. The van der Waals surface area contributed by atoms with Gasteiger partial charge in [0.1, 0.15) is 0 Å². The van der Waals surface area contributed by atoms with Crippen molar-refractivity contribution in [3.8, 4) is 0 Å². The number of nitrogens with zero attached hydrogens (tertiary/aromatic N) is 2. The molecule has 0 bridgehead atoms. The van der Waals surface area contributed by atoms with Crippen molar-refractivity contribution in [1.29, 1.82) is 0 Å². The van der Waals surface area contributed by atoms with Gasteiger partial charge in [0.15, 0.2) is 0 Å². The van der Waals surface area contributed by atoms with Gasteiger partial charge in [-0.2, -0.15) is 0 Å². The fraction of sp³-hybridized carbons (Fsp3) is 0.333. The first-order valence-corrected chi connectivity index (χ1v) is 9.98. The van der Waals surface area contributed by atoms with Crippen LogP contribution in [-0.2, 0) is 10.0 Å². The van der Waals surface area contributed by atoms with Gasteiger partial charge >= 0.3 is 0 Å². The van der Waals surface area contributed by atoms with Crippen molar-refractivity contribution < 1.29 is 13.3 Å². The minimum atomic E-state index is -3.93. The van der Waals surface area contributed by atoms with Crippen LogP contribution in [0.1, 0.15) is 24.8 Å². The number of nitrogens with one attached hydrogen (secondary N) is 1. The van der Waals surface area contributed by atoms with Crippen LogP contribution in [-0.4, -0.2) is 26.4 Å². The van der Waals surface area contributed by atoms with Gasteiger partial charge < -0.3 is 4.90 Å². The molecule has 1 fully saturated rings. The van der Waals surface area contributed by atoms with Gasteiger partial charge in [0.2, 0.25) is 0 Å². The molecule has 0 amide bonds. The largest absolute Gasteiger partial charge is 0.370 e. The number of hydrogen-bond donors (Lipinski definition) is 1. The number of piperidine rings is 1. The second kappa shape index (κ2) is 7.33. The van der Waals surface area contributed by atoms with Crippen molar-refractivity contribution in [2.45, 2.75) is 31.1 Å². The smallest absolute Gasteiger partial charge is 0.273 e. The van der Waals surface area contributed by atoms with Crippen LogP contribution in [0, 0.1) is 17.0 Å². The topological polar surface area (TPSA) is 92.6 Å². The lowest BCUT2D eigenvalue weighted by atomic mass is 10.1. The quantitative estimate of drug-likeness (QED) is 0.635. The summed E-state index contributed by atoms with van der Waals surface area (Å²) in [5, 5.41) is 11.1. The number of anilines is 2. The van der Waals surface area contributed by atoms with E-state index in [4.69, 9.17) is 0 Å². The van der Waals surface area contributed by atoms with Crippen LogP contribution in [0.3, 0.4) is 0 Å². The average Bonchev–Trinajstić information content (AvgIpc) is 2.62. The second-order valence-electron chi connectivity index (χ2n) is 6.38. The van der Waals surface area contributed by atoms with E-state index < -0.39 is 14.9 Å². The monoisotopic (exact) mass is 375 g/mol. The van der Waals surface area contributed by atoms with Gasteiger partial charge in [-0.25, -0.2) is 8.42 Å². The van der Waals surface area contributed by atoms with Crippen LogP contribution in [0.15, 0.2) is 47.4 Å². The van der Waals surface area contributed by atoms with Crippen molar-refractivity contribution in [2.75, 3.05) is 22.7 Å². The SMILES string of the molecule is Cc1ccc(S(=O)(=O)Nc2ccccc2N2CCCCC2)cc1[N+](=O)[O-]. The lowest BCUT2D eigenvalue weighted by Crippen LogP contribution is -2.30. The van der Waals surface area contributed by atoms with Crippen molar-refractivity contribution >= 4 is 27.1 Å². The minimum absolute atomic E-state index is 0.122. The van der Waals surface area contributed by atoms with Crippen molar-refractivity contribution in [3.05, 3.63) is 58.1 Å². The van der Waals surface area contributed by atoms with Gasteiger partial charge in [0.05, 0.1) is 21.2 Å². The highest BCUT2D eigenvalue weighted by Crippen LogP contribution is 2.31. The number of sulfonamides is 1. The third-order valence-electron chi connectivity index (χ3n) is 4.53. The first-order chi connectivity index (χ1) is 12.4. The molecule has 1 N–H and O–H groups in total. The molecular formula is C18H21N3O4S. The predicted molar refractivity (Wildman–Crippen MR) is 101 cm³/mol. The Morgan fingerprint density at radius 3 is 2.46 bits per heavy atom. The molecule has 0 aliphatic carbocycles. The maximum atomic E-state index is 12.8. The molecule has 1 aliphatic heterocycles. The lowest BCUT2D eigenvalue weighted by molar-refractivity contribution is -0.385. The van der Waals surface area contributed by atoms with Crippen LogP contribution in [0.5, 0.6) is 0 Å². The Labute approximate surface area is 152 Å². The van der Waals surface area contributed by atoms with Gasteiger partial charge in [0.25, 0.3) is 15.7 Å². The Morgan fingerprint density at radius 1 is 1.08 bits per heavy atom. The van der Waals surface area contributed by atoms with Crippen LogP contribution in [0.4, 0.5) is 17.1 Å². The first-order valence-electron chi connectivity index (χ1n) is 8.50. The molecule has 0 unspecified atom stereocenters. The summed E-state index contributed by atoms with van der Waals surface area (Å²) in [5.41, 5.74) is 1.52.